The molecule has 0 radical (unpaired) electrons. The highest BCUT2D eigenvalue weighted by Crippen LogP contribution is 2.20. The lowest BCUT2D eigenvalue weighted by Crippen LogP contribution is -2.05. The lowest BCUT2D eigenvalue weighted by atomic mass is 10.0. The van der Waals surface area contributed by atoms with Gasteiger partial charge < -0.3 is 0 Å². The highest BCUT2D eigenvalue weighted by Gasteiger charge is 2.08. The molecule has 3 aromatic rings. The number of hydrogen-bond donors (Lipinski definition) is 0. The molecule has 0 fully saturated rings. The zero-order valence-electron chi connectivity index (χ0n) is 12.3. The first kappa shape index (κ1) is 13.4. The van der Waals surface area contributed by atoms with E-state index in [0.29, 0.717) is 6.42 Å². The Bertz CT molecular complexity index is 817. The third kappa shape index (κ3) is 2.53. The van der Waals surface area contributed by atoms with Crippen molar-refractivity contribution in [2.24, 2.45) is 0 Å². The molecular formula is C18H17N3. The maximum absolute atomic E-state index is 8.85. The monoisotopic (exact) mass is 275 g/mol. The standard InChI is InChI=1S/C18H17N3/c1-13-4-3-5-14(2)17(13)12-21-18-10-15(8-9-19)6-7-16(18)11-20-21/h3-7,10-11H,8,12H2,1-2H3. The first-order chi connectivity index (χ1) is 10.2. The number of nitriles is 1. The molecule has 0 aliphatic rings. The third-order valence-electron chi connectivity index (χ3n) is 3.94. The highest BCUT2D eigenvalue weighted by molar-refractivity contribution is 5.79. The molecule has 1 heterocycles. The lowest BCUT2D eigenvalue weighted by molar-refractivity contribution is 0.705. The summed E-state index contributed by atoms with van der Waals surface area (Å²) >= 11 is 0. The number of nitrogens with zero attached hydrogens (tertiary/aromatic N) is 3. The Morgan fingerprint density at radius 2 is 1.90 bits per heavy atom. The second-order valence-corrected chi connectivity index (χ2v) is 5.40. The smallest absolute Gasteiger partial charge is 0.0689 e. The van der Waals surface area contributed by atoms with Gasteiger partial charge in [-0.25, -0.2) is 0 Å². The van der Waals surface area contributed by atoms with Gasteiger partial charge in [0.05, 0.1) is 30.7 Å². The van der Waals surface area contributed by atoms with Crippen LogP contribution in [-0.4, -0.2) is 9.78 Å². The SMILES string of the molecule is Cc1cccc(C)c1Cn1ncc2ccc(CC#N)cc21. The van der Waals surface area contributed by atoms with Crippen LogP contribution in [0.25, 0.3) is 10.9 Å². The van der Waals surface area contributed by atoms with Crippen LogP contribution in [0.1, 0.15) is 22.3 Å². The van der Waals surface area contributed by atoms with E-state index < -0.39 is 0 Å². The van der Waals surface area contributed by atoms with E-state index in [1.807, 2.05) is 23.0 Å². The number of aryl methyl sites for hydroxylation is 2. The largest absolute Gasteiger partial charge is 0.260 e. The zero-order chi connectivity index (χ0) is 14.8. The molecular weight excluding hydrogens is 258 g/mol. The Labute approximate surface area is 124 Å². The topological polar surface area (TPSA) is 41.6 Å². The van der Waals surface area contributed by atoms with E-state index in [-0.39, 0.29) is 0 Å². The Balaban J connectivity index is 2.05. The molecule has 0 spiro atoms. The van der Waals surface area contributed by atoms with Crippen LogP contribution in [0.15, 0.2) is 42.6 Å². The molecule has 0 bridgehead atoms. The van der Waals surface area contributed by atoms with E-state index >= 15 is 0 Å². The van der Waals surface area contributed by atoms with Gasteiger partial charge in [-0.1, -0.05) is 30.3 Å². The predicted molar refractivity (Wildman–Crippen MR) is 84.1 cm³/mol. The summed E-state index contributed by atoms with van der Waals surface area (Å²) in [6, 6.07) is 14.7. The molecule has 0 N–H and O–H groups in total. The predicted octanol–water partition coefficient (Wildman–Crippen LogP) is 3.77. The van der Waals surface area contributed by atoms with Gasteiger partial charge in [-0.2, -0.15) is 10.4 Å². The molecule has 0 saturated heterocycles. The molecule has 3 heteroatoms. The molecule has 0 saturated carbocycles. The van der Waals surface area contributed by atoms with Gasteiger partial charge in [-0.15, -0.1) is 0 Å². The van der Waals surface area contributed by atoms with Gasteiger partial charge in [0.15, 0.2) is 0 Å². The van der Waals surface area contributed by atoms with Crippen LogP contribution in [0, 0.1) is 25.2 Å². The van der Waals surface area contributed by atoms with Gasteiger partial charge in [0, 0.05) is 5.39 Å². The molecule has 0 aliphatic heterocycles. The van der Waals surface area contributed by atoms with Crippen LogP contribution >= 0.6 is 0 Å². The lowest BCUT2D eigenvalue weighted by Gasteiger charge is -2.11. The van der Waals surface area contributed by atoms with Crippen molar-refractivity contribution >= 4 is 10.9 Å². The summed E-state index contributed by atoms with van der Waals surface area (Å²) in [7, 11) is 0. The summed E-state index contributed by atoms with van der Waals surface area (Å²) in [6.07, 6.45) is 2.32. The molecule has 3 rings (SSSR count). The maximum Gasteiger partial charge on any atom is 0.0689 e. The average Bonchev–Trinajstić information content (AvgIpc) is 2.86. The van der Waals surface area contributed by atoms with Gasteiger partial charge in [-0.05, 0) is 42.2 Å². The van der Waals surface area contributed by atoms with Crippen molar-refractivity contribution in [2.45, 2.75) is 26.8 Å². The summed E-state index contributed by atoms with van der Waals surface area (Å²) in [5.41, 5.74) is 6.01. The van der Waals surface area contributed by atoms with Gasteiger partial charge in [0.2, 0.25) is 0 Å². The fourth-order valence-corrected chi connectivity index (χ4v) is 2.69. The second-order valence-electron chi connectivity index (χ2n) is 5.40. The van der Waals surface area contributed by atoms with Crippen LogP contribution < -0.4 is 0 Å². The molecule has 0 unspecified atom stereocenters. The normalized spacial score (nSPS) is 10.7. The van der Waals surface area contributed by atoms with Crippen LogP contribution in [0.5, 0.6) is 0 Å². The summed E-state index contributed by atoms with van der Waals surface area (Å²) in [5.74, 6) is 0. The maximum atomic E-state index is 8.85. The van der Waals surface area contributed by atoms with Crippen molar-refractivity contribution in [1.29, 1.82) is 5.26 Å². The average molecular weight is 275 g/mol. The minimum atomic E-state index is 0.435. The van der Waals surface area contributed by atoms with Crippen molar-refractivity contribution in [1.82, 2.24) is 9.78 Å². The van der Waals surface area contributed by atoms with Crippen LogP contribution in [0.4, 0.5) is 0 Å². The quantitative estimate of drug-likeness (QED) is 0.730. The molecule has 104 valence electrons. The second kappa shape index (κ2) is 5.41. The Morgan fingerprint density at radius 3 is 2.62 bits per heavy atom. The van der Waals surface area contributed by atoms with E-state index in [2.05, 4.69) is 49.3 Å². The number of rotatable bonds is 3. The molecule has 0 atom stereocenters. The molecule has 2 aromatic carbocycles. The van der Waals surface area contributed by atoms with Crippen molar-refractivity contribution in [3.05, 3.63) is 64.8 Å². The van der Waals surface area contributed by atoms with E-state index in [4.69, 9.17) is 5.26 Å². The summed E-state index contributed by atoms with van der Waals surface area (Å²) in [5, 5.41) is 14.5. The van der Waals surface area contributed by atoms with Crippen molar-refractivity contribution < 1.29 is 0 Å². The minimum Gasteiger partial charge on any atom is -0.260 e. The van der Waals surface area contributed by atoms with Gasteiger partial charge in [-0.3, -0.25) is 4.68 Å². The van der Waals surface area contributed by atoms with E-state index in [0.717, 1.165) is 23.0 Å². The van der Waals surface area contributed by atoms with Gasteiger partial charge in [0.1, 0.15) is 0 Å². The van der Waals surface area contributed by atoms with E-state index in [1.54, 1.807) is 0 Å². The molecule has 21 heavy (non-hydrogen) atoms. The minimum absolute atomic E-state index is 0.435. The Kier molecular flexibility index (Phi) is 3.45. The molecule has 3 nitrogen and oxygen atoms in total. The zero-order valence-corrected chi connectivity index (χ0v) is 12.3. The van der Waals surface area contributed by atoms with Crippen LogP contribution in [-0.2, 0) is 13.0 Å². The van der Waals surface area contributed by atoms with Gasteiger partial charge >= 0.3 is 0 Å². The van der Waals surface area contributed by atoms with Crippen molar-refractivity contribution in [3.8, 4) is 6.07 Å². The number of fused-ring (bicyclic) bond motifs is 1. The van der Waals surface area contributed by atoms with Gasteiger partial charge in [0.25, 0.3) is 0 Å². The van der Waals surface area contributed by atoms with E-state index in [1.165, 1.54) is 16.7 Å². The van der Waals surface area contributed by atoms with E-state index in [9.17, 15) is 0 Å². The summed E-state index contributed by atoms with van der Waals surface area (Å²) < 4.78 is 2.02. The summed E-state index contributed by atoms with van der Waals surface area (Å²) in [4.78, 5) is 0. The van der Waals surface area contributed by atoms with Crippen LogP contribution in [0.2, 0.25) is 0 Å². The molecule has 1 aromatic heterocycles. The number of hydrogen-bond acceptors (Lipinski definition) is 2. The molecule has 0 amide bonds. The Morgan fingerprint density at radius 1 is 1.14 bits per heavy atom. The van der Waals surface area contributed by atoms with Crippen molar-refractivity contribution in [3.63, 3.8) is 0 Å². The third-order valence-corrected chi connectivity index (χ3v) is 3.94. The fraction of sp³-hybridized carbons (Fsp3) is 0.222. The molecule has 0 aliphatic carbocycles. The highest BCUT2D eigenvalue weighted by atomic mass is 15.3. The number of benzene rings is 2. The Hall–Kier alpha value is -2.60. The number of aromatic nitrogens is 2. The van der Waals surface area contributed by atoms with Crippen molar-refractivity contribution in [2.75, 3.05) is 0 Å². The fourth-order valence-electron chi connectivity index (χ4n) is 2.69. The summed E-state index contributed by atoms with van der Waals surface area (Å²) in [6.45, 7) is 5.03. The van der Waals surface area contributed by atoms with Crippen LogP contribution in [0.3, 0.4) is 0 Å². The first-order valence-electron chi connectivity index (χ1n) is 7.05. The first-order valence-corrected chi connectivity index (χ1v) is 7.05.